The molecule has 1 atom stereocenters. The van der Waals surface area contributed by atoms with Crippen LogP contribution in [0.25, 0.3) is 0 Å². The van der Waals surface area contributed by atoms with Crippen molar-refractivity contribution >= 4 is 11.6 Å². The van der Waals surface area contributed by atoms with Crippen LogP contribution in [0.15, 0.2) is 18.2 Å². The second-order valence-corrected chi connectivity index (χ2v) is 5.13. The van der Waals surface area contributed by atoms with Crippen molar-refractivity contribution in [2.24, 2.45) is 5.92 Å². The number of aliphatic hydroxyl groups is 1. The Morgan fingerprint density at radius 3 is 2.76 bits per heavy atom. The molecule has 1 fully saturated rings. The quantitative estimate of drug-likeness (QED) is 0.880. The van der Waals surface area contributed by atoms with Crippen molar-refractivity contribution in [1.29, 1.82) is 0 Å². The highest BCUT2D eigenvalue weighted by molar-refractivity contribution is 6.31. The first kappa shape index (κ1) is 12.8. The molecule has 0 heterocycles. The maximum atomic E-state index is 12.9. The number of benzene rings is 1. The van der Waals surface area contributed by atoms with Crippen LogP contribution in [0.3, 0.4) is 0 Å². The van der Waals surface area contributed by atoms with Crippen molar-refractivity contribution in [3.05, 3.63) is 34.6 Å². The van der Waals surface area contributed by atoms with Crippen molar-refractivity contribution in [3.8, 4) is 0 Å². The van der Waals surface area contributed by atoms with Crippen molar-refractivity contribution in [3.63, 3.8) is 0 Å². The largest absolute Gasteiger partial charge is 0.387 e. The van der Waals surface area contributed by atoms with E-state index in [1.807, 2.05) is 0 Å². The Labute approximate surface area is 105 Å². The Hall–Kier alpha value is -0.640. The number of halogens is 2. The summed E-state index contributed by atoms with van der Waals surface area (Å²) in [4.78, 5) is 0. The van der Waals surface area contributed by atoms with Crippen molar-refractivity contribution in [2.45, 2.75) is 24.9 Å². The fraction of sp³-hybridized carbons (Fsp3) is 0.538. The fourth-order valence-corrected chi connectivity index (χ4v) is 2.41. The Balaban J connectivity index is 2.17. The molecule has 1 N–H and O–H groups in total. The van der Waals surface area contributed by atoms with Crippen LogP contribution in [0.5, 0.6) is 0 Å². The second kappa shape index (κ2) is 4.92. The number of hydrogen-bond donors (Lipinski definition) is 1. The lowest BCUT2D eigenvalue weighted by Gasteiger charge is -2.27. The highest BCUT2D eigenvalue weighted by Gasteiger charge is 2.44. The third-order valence-electron chi connectivity index (χ3n) is 3.24. The van der Waals surface area contributed by atoms with Gasteiger partial charge in [0.2, 0.25) is 0 Å². The van der Waals surface area contributed by atoms with Crippen LogP contribution in [-0.2, 0) is 11.2 Å². The lowest BCUT2D eigenvalue weighted by molar-refractivity contribution is -0.0474. The predicted octanol–water partition coefficient (Wildman–Crippen LogP) is 2.81. The summed E-state index contributed by atoms with van der Waals surface area (Å²) in [6, 6.07) is 4.26. The van der Waals surface area contributed by atoms with E-state index in [2.05, 4.69) is 0 Å². The van der Waals surface area contributed by atoms with Gasteiger partial charge < -0.3 is 9.84 Å². The molecule has 1 unspecified atom stereocenters. The Kier molecular flexibility index (Phi) is 3.71. The zero-order valence-electron chi connectivity index (χ0n) is 9.75. The Bertz CT molecular complexity index is 406. The first-order chi connectivity index (χ1) is 8.05. The molecule has 0 radical (unpaired) electrons. The summed E-state index contributed by atoms with van der Waals surface area (Å²) in [5.74, 6) is -0.0935. The van der Waals surface area contributed by atoms with Crippen molar-refractivity contribution < 1.29 is 14.2 Å². The fourth-order valence-electron chi connectivity index (χ4n) is 2.18. The first-order valence-electron chi connectivity index (χ1n) is 5.70. The van der Waals surface area contributed by atoms with Crippen LogP contribution in [0.1, 0.15) is 18.4 Å². The van der Waals surface area contributed by atoms with E-state index in [4.69, 9.17) is 16.3 Å². The van der Waals surface area contributed by atoms with Gasteiger partial charge in [0, 0.05) is 18.6 Å². The summed E-state index contributed by atoms with van der Waals surface area (Å²) in [7, 11) is 1.57. The van der Waals surface area contributed by atoms with E-state index in [9.17, 15) is 9.50 Å². The number of methoxy groups -OCH3 is 1. The molecule has 1 saturated carbocycles. The van der Waals surface area contributed by atoms with Crippen LogP contribution < -0.4 is 0 Å². The van der Waals surface area contributed by atoms with Gasteiger partial charge in [-0.3, -0.25) is 0 Å². The van der Waals surface area contributed by atoms with E-state index >= 15 is 0 Å². The lowest BCUT2D eigenvalue weighted by Crippen LogP contribution is -2.39. The van der Waals surface area contributed by atoms with Gasteiger partial charge in [0.05, 0.1) is 12.2 Å². The molecule has 17 heavy (non-hydrogen) atoms. The zero-order chi connectivity index (χ0) is 12.5. The summed E-state index contributed by atoms with van der Waals surface area (Å²) < 4.78 is 18.0. The van der Waals surface area contributed by atoms with Gasteiger partial charge in [0.15, 0.2) is 0 Å². The van der Waals surface area contributed by atoms with E-state index in [0.717, 1.165) is 18.4 Å². The van der Waals surface area contributed by atoms with Gasteiger partial charge in [0.1, 0.15) is 5.82 Å². The third-order valence-corrected chi connectivity index (χ3v) is 3.60. The molecule has 4 heteroatoms. The minimum atomic E-state index is -0.879. The second-order valence-electron chi connectivity index (χ2n) is 4.72. The van der Waals surface area contributed by atoms with Gasteiger partial charge >= 0.3 is 0 Å². The topological polar surface area (TPSA) is 29.5 Å². The van der Waals surface area contributed by atoms with Crippen LogP contribution in [0, 0.1) is 11.7 Å². The molecule has 0 aromatic heterocycles. The molecular formula is C13H16ClFO2. The van der Waals surface area contributed by atoms with Crippen LogP contribution in [0.4, 0.5) is 4.39 Å². The summed E-state index contributed by atoms with van der Waals surface area (Å²) in [5.41, 5.74) is -0.115. The zero-order valence-corrected chi connectivity index (χ0v) is 10.5. The summed E-state index contributed by atoms with van der Waals surface area (Å²) in [6.45, 7) is 0.283. The van der Waals surface area contributed by atoms with Crippen molar-refractivity contribution in [1.82, 2.24) is 0 Å². The summed E-state index contributed by atoms with van der Waals surface area (Å²) >= 11 is 5.97. The van der Waals surface area contributed by atoms with Gasteiger partial charge in [-0.25, -0.2) is 4.39 Å². The first-order valence-corrected chi connectivity index (χ1v) is 6.08. The normalized spacial score (nSPS) is 19.1. The van der Waals surface area contributed by atoms with Crippen LogP contribution in [-0.4, -0.2) is 24.4 Å². The minimum absolute atomic E-state index is 0.267. The third kappa shape index (κ3) is 2.97. The van der Waals surface area contributed by atoms with Gasteiger partial charge in [-0.2, -0.15) is 0 Å². The molecule has 0 saturated heterocycles. The molecule has 0 aliphatic heterocycles. The average molecular weight is 259 g/mol. The number of hydrogen-bond acceptors (Lipinski definition) is 2. The predicted molar refractivity (Wildman–Crippen MR) is 64.7 cm³/mol. The molecule has 0 spiro atoms. The molecule has 2 rings (SSSR count). The molecule has 1 aliphatic rings. The lowest BCUT2D eigenvalue weighted by atomic mass is 9.90. The molecule has 0 amide bonds. The van der Waals surface area contributed by atoms with E-state index in [1.54, 1.807) is 13.2 Å². The van der Waals surface area contributed by atoms with Crippen LogP contribution in [0.2, 0.25) is 5.02 Å². The summed E-state index contributed by atoms with van der Waals surface area (Å²) in [5, 5.41) is 10.9. The molecule has 0 bridgehead atoms. The van der Waals surface area contributed by atoms with Crippen LogP contribution >= 0.6 is 11.6 Å². The van der Waals surface area contributed by atoms with Crippen molar-refractivity contribution in [2.75, 3.05) is 13.7 Å². The van der Waals surface area contributed by atoms with E-state index < -0.39 is 5.60 Å². The number of ether oxygens (including phenoxy) is 1. The maximum absolute atomic E-state index is 12.9. The Morgan fingerprint density at radius 1 is 1.53 bits per heavy atom. The Morgan fingerprint density at radius 2 is 2.24 bits per heavy atom. The molecule has 94 valence electrons. The van der Waals surface area contributed by atoms with Gasteiger partial charge in [-0.1, -0.05) is 17.7 Å². The molecule has 2 nitrogen and oxygen atoms in total. The standard InChI is InChI=1S/C13H16ClFO2/c1-17-8-13(16,10-3-4-10)7-9-2-5-11(15)6-12(9)14/h2,5-6,10,16H,3-4,7-8H2,1H3. The molecule has 1 aliphatic carbocycles. The molecule has 1 aromatic rings. The average Bonchev–Trinajstić information content (AvgIpc) is 3.06. The monoisotopic (exact) mass is 258 g/mol. The van der Waals surface area contributed by atoms with E-state index in [-0.39, 0.29) is 18.3 Å². The van der Waals surface area contributed by atoms with E-state index in [1.165, 1.54) is 12.1 Å². The smallest absolute Gasteiger partial charge is 0.124 e. The summed E-state index contributed by atoms with van der Waals surface area (Å²) in [6.07, 6.45) is 2.43. The molecule has 1 aromatic carbocycles. The van der Waals surface area contributed by atoms with Gasteiger partial charge in [0.25, 0.3) is 0 Å². The van der Waals surface area contributed by atoms with Gasteiger partial charge in [-0.15, -0.1) is 0 Å². The highest BCUT2D eigenvalue weighted by atomic mass is 35.5. The molecular weight excluding hydrogens is 243 g/mol. The maximum Gasteiger partial charge on any atom is 0.124 e. The minimum Gasteiger partial charge on any atom is -0.387 e. The van der Waals surface area contributed by atoms with E-state index in [0.29, 0.717) is 11.4 Å². The highest BCUT2D eigenvalue weighted by Crippen LogP contribution is 2.42. The van der Waals surface area contributed by atoms with Gasteiger partial charge in [-0.05, 0) is 36.5 Å². The SMILES string of the molecule is COCC(O)(Cc1ccc(F)cc1Cl)C1CC1. The number of rotatable bonds is 5.